The van der Waals surface area contributed by atoms with E-state index in [0.717, 1.165) is 13.0 Å². The summed E-state index contributed by atoms with van der Waals surface area (Å²) in [5.74, 6) is 0. The molecular weight excluding hydrogens is 288 g/mol. The number of rotatable bonds is 5. The lowest BCUT2D eigenvalue weighted by Crippen LogP contribution is -2.45. The molecule has 1 amide bonds. The maximum atomic E-state index is 11.8. The maximum absolute atomic E-state index is 11.8. The zero-order valence-electron chi connectivity index (χ0n) is 16.5. The quantitative estimate of drug-likeness (QED) is 0.783. The normalized spacial score (nSPS) is 22.4. The Hall–Kier alpha value is -0.770. The average molecular weight is 327 g/mol. The van der Waals surface area contributed by atoms with Crippen LogP contribution in [0.2, 0.25) is 0 Å². The lowest BCUT2D eigenvalue weighted by Gasteiger charge is -2.45. The average Bonchev–Trinajstić information content (AvgIpc) is 2.20. The van der Waals surface area contributed by atoms with Crippen molar-refractivity contribution < 1.29 is 9.53 Å². The molecule has 1 saturated carbocycles. The Balaban J connectivity index is 2.32. The van der Waals surface area contributed by atoms with Crippen LogP contribution < -0.4 is 10.6 Å². The van der Waals surface area contributed by atoms with Crippen molar-refractivity contribution in [3.05, 3.63) is 0 Å². The zero-order valence-corrected chi connectivity index (χ0v) is 16.5. The van der Waals surface area contributed by atoms with Gasteiger partial charge in [0.25, 0.3) is 0 Å². The summed E-state index contributed by atoms with van der Waals surface area (Å²) < 4.78 is 5.29. The predicted molar refractivity (Wildman–Crippen MR) is 96.7 cm³/mol. The Morgan fingerprint density at radius 1 is 1.17 bits per heavy atom. The fourth-order valence-corrected chi connectivity index (χ4v) is 4.08. The van der Waals surface area contributed by atoms with E-state index in [1.54, 1.807) is 0 Å². The predicted octanol–water partition coefficient (Wildman–Crippen LogP) is 4.48. The van der Waals surface area contributed by atoms with Crippen LogP contribution in [0.25, 0.3) is 0 Å². The second-order valence-corrected chi connectivity index (χ2v) is 9.90. The molecule has 23 heavy (non-hydrogen) atoms. The molecule has 4 nitrogen and oxygen atoms in total. The van der Waals surface area contributed by atoms with E-state index in [0.29, 0.717) is 16.9 Å². The molecule has 0 bridgehead atoms. The van der Waals surface area contributed by atoms with Gasteiger partial charge in [-0.2, -0.15) is 0 Å². The summed E-state index contributed by atoms with van der Waals surface area (Å²) in [6, 6.07) is 0.685. The molecule has 1 unspecified atom stereocenters. The van der Waals surface area contributed by atoms with E-state index >= 15 is 0 Å². The largest absolute Gasteiger partial charge is 0.444 e. The summed E-state index contributed by atoms with van der Waals surface area (Å²) in [4.78, 5) is 11.8. The van der Waals surface area contributed by atoms with E-state index in [-0.39, 0.29) is 12.1 Å². The molecule has 0 radical (unpaired) electrons. The highest BCUT2D eigenvalue weighted by Gasteiger charge is 2.38. The summed E-state index contributed by atoms with van der Waals surface area (Å²) in [6.07, 6.45) is 4.32. The first kappa shape index (κ1) is 20.3. The van der Waals surface area contributed by atoms with Gasteiger partial charge in [-0.05, 0) is 70.8 Å². The van der Waals surface area contributed by atoms with Crippen LogP contribution >= 0.6 is 0 Å². The van der Waals surface area contributed by atoms with Crippen LogP contribution in [-0.2, 0) is 4.74 Å². The molecule has 0 aromatic carbocycles. The third-order valence-electron chi connectivity index (χ3n) is 4.33. The lowest BCUT2D eigenvalue weighted by molar-refractivity contribution is 0.0505. The van der Waals surface area contributed by atoms with Crippen molar-refractivity contribution in [2.75, 3.05) is 6.54 Å². The molecule has 0 saturated heterocycles. The second-order valence-electron chi connectivity index (χ2n) is 9.90. The van der Waals surface area contributed by atoms with Crippen LogP contribution in [0.3, 0.4) is 0 Å². The molecule has 0 spiro atoms. The molecule has 0 heterocycles. The summed E-state index contributed by atoms with van der Waals surface area (Å²) in [6.45, 7) is 18.1. The first-order valence-corrected chi connectivity index (χ1v) is 9.01. The number of amides is 1. The van der Waals surface area contributed by atoms with Gasteiger partial charge in [-0.25, -0.2) is 4.79 Å². The zero-order chi connectivity index (χ0) is 17.9. The molecule has 1 atom stereocenters. The van der Waals surface area contributed by atoms with Gasteiger partial charge < -0.3 is 15.4 Å². The van der Waals surface area contributed by atoms with Crippen molar-refractivity contribution in [1.29, 1.82) is 0 Å². The smallest absolute Gasteiger partial charge is 0.407 e. The molecule has 0 aromatic heterocycles. The van der Waals surface area contributed by atoms with Crippen molar-refractivity contribution in [3.8, 4) is 0 Å². The molecule has 0 aromatic rings. The van der Waals surface area contributed by atoms with Crippen LogP contribution in [-0.4, -0.2) is 30.3 Å². The second kappa shape index (κ2) is 7.42. The van der Waals surface area contributed by atoms with Crippen LogP contribution in [0.4, 0.5) is 4.79 Å². The van der Waals surface area contributed by atoms with E-state index in [2.05, 4.69) is 38.3 Å². The third kappa shape index (κ3) is 8.59. The van der Waals surface area contributed by atoms with E-state index < -0.39 is 5.60 Å². The molecule has 4 heteroatoms. The molecule has 1 rings (SSSR count). The van der Waals surface area contributed by atoms with Gasteiger partial charge in [-0.3, -0.25) is 0 Å². The maximum Gasteiger partial charge on any atom is 0.407 e. The summed E-state index contributed by atoms with van der Waals surface area (Å²) in [5, 5.41) is 6.60. The molecule has 2 N–H and O–H groups in total. The number of carbonyl (C=O) groups excluding carboxylic acids is 1. The third-order valence-corrected chi connectivity index (χ3v) is 4.33. The molecule has 0 aliphatic heterocycles. The van der Waals surface area contributed by atoms with Crippen molar-refractivity contribution in [3.63, 3.8) is 0 Å². The summed E-state index contributed by atoms with van der Waals surface area (Å²) >= 11 is 0. The van der Waals surface area contributed by atoms with Crippen molar-refractivity contribution >= 4 is 6.09 Å². The Morgan fingerprint density at radius 2 is 1.70 bits per heavy atom. The Morgan fingerprint density at radius 3 is 2.17 bits per heavy atom. The molecule has 1 fully saturated rings. The van der Waals surface area contributed by atoms with Gasteiger partial charge in [-0.1, -0.05) is 27.7 Å². The lowest BCUT2D eigenvalue weighted by atomic mass is 9.63. The molecular formula is C19H38N2O2. The van der Waals surface area contributed by atoms with Gasteiger partial charge in [0, 0.05) is 12.1 Å². The van der Waals surface area contributed by atoms with E-state index in [1.807, 2.05) is 27.7 Å². The first-order valence-electron chi connectivity index (χ1n) is 9.01. The molecule has 136 valence electrons. The Bertz CT molecular complexity index is 381. The number of alkyl carbamates (subject to hydrolysis) is 1. The number of carbonyl (C=O) groups is 1. The van der Waals surface area contributed by atoms with E-state index in [9.17, 15) is 4.79 Å². The van der Waals surface area contributed by atoms with Gasteiger partial charge in [0.1, 0.15) is 5.60 Å². The number of hydrogen-bond donors (Lipinski definition) is 2. The van der Waals surface area contributed by atoms with Gasteiger partial charge >= 0.3 is 6.09 Å². The van der Waals surface area contributed by atoms with Gasteiger partial charge in [0.05, 0.1) is 0 Å². The minimum Gasteiger partial charge on any atom is -0.444 e. The monoisotopic (exact) mass is 326 g/mol. The fourth-order valence-electron chi connectivity index (χ4n) is 4.08. The van der Waals surface area contributed by atoms with Crippen molar-refractivity contribution in [2.45, 2.75) is 98.8 Å². The van der Waals surface area contributed by atoms with Crippen molar-refractivity contribution in [2.24, 2.45) is 10.8 Å². The number of hydrogen-bond acceptors (Lipinski definition) is 3. The van der Waals surface area contributed by atoms with Gasteiger partial charge in [-0.15, -0.1) is 0 Å². The Labute approximate surface area is 143 Å². The van der Waals surface area contributed by atoms with Gasteiger partial charge in [0.2, 0.25) is 0 Å². The standard InChI is InChI=1S/C19H38N2O2/c1-14(21-16(22)23-17(2,3)4)9-10-20-15-11-18(5,6)13-19(7,8)12-15/h14-15,20H,9-13H2,1-8H3,(H,21,22). The Kier molecular flexibility index (Phi) is 6.54. The molecule has 1 aliphatic carbocycles. The van der Waals surface area contributed by atoms with Crippen LogP contribution in [0.15, 0.2) is 0 Å². The topological polar surface area (TPSA) is 50.4 Å². The minimum atomic E-state index is -0.443. The van der Waals surface area contributed by atoms with E-state index in [4.69, 9.17) is 4.74 Å². The fraction of sp³-hybridized carbons (Fsp3) is 0.947. The van der Waals surface area contributed by atoms with Crippen LogP contribution in [0, 0.1) is 10.8 Å². The highest BCUT2D eigenvalue weighted by Crippen LogP contribution is 2.45. The van der Waals surface area contributed by atoms with Crippen LogP contribution in [0.1, 0.15) is 81.1 Å². The molecule has 1 aliphatic rings. The van der Waals surface area contributed by atoms with Gasteiger partial charge in [0.15, 0.2) is 0 Å². The summed E-state index contributed by atoms with van der Waals surface area (Å²) in [5.41, 5.74) is 0.362. The first-order chi connectivity index (χ1) is 10.3. The highest BCUT2D eigenvalue weighted by atomic mass is 16.6. The van der Waals surface area contributed by atoms with E-state index in [1.165, 1.54) is 19.3 Å². The van der Waals surface area contributed by atoms with Crippen LogP contribution in [0.5, 0.6) is 0 Å². The SMILES string of the molecule is CC(CCNC1CC(C)(C)CC(C)(C)C1)NC(=O)OC(C)(C)C. The number of nitrogens with one attached hydrogen (secondary N) is 2. The number of ether oxygens (including phenoxy) is 1. The highest BCUT2D eigenvalue weighted by molar-refractivity contribution is 5.67. The van der Waals surface area contributed by atoms with Crippen molar-refractivity contribution in [1.82, 2.24) is 10.6 Å². The minimum absolute atomic E-state index is 0.113. The summed E-state index contributed by atoms with van der Waals surface area (Å²) in [7, 11) is 0.